The molecule has 0 radical (unpaired) electrons. The third-order valence-corrected chi connectivity index (χ3v) is 4.50. The van der Waals surface area contributed by atoms with E-state index in [1.165, 1.54) is 36.1 Å². The maximum Gasteiger partial charge on any atom is 0.191 e. The molecule has 1 aliphatic carbocycles. The number of thiophene rings is 1. The van der Waals surface area contributed by atoms with Crippen molar-refractivity contribution in [3.63, 3.8) is 0 Å². The minimum atomic E-state index is 0.408. The molecule has 2 heterocycles. The van der Waals surface area contributed by atoms with Crippen molar-refractivity contribution >= 4 is 11.3 Å². The van der Waals surface area contributed by atoms with E-state index in [1.807, 2.05) is 11.3 Å². The fraction of sp³-hybridized carbons (Fsp3) is 0.538. The lowest BCUT2D eigenvalue weighted by Crippen LogP contribution is -1.96. The normalized spacial score (nSPS) is 15.2. The average molecular weight is 247 g/mol. The highest BCUT2D eigenvalue weighted by Gasteiger charge is 2.16. The van der Waals surface area contributed by atoms with Crippen molar-refractivity contribution in [3.05, 3.63) is 22.3 Å². The largest absolute Gasteiger partial charge is 0.262 e. The monoisotopic (exact) mass is 247 g/mol. The SMILES string of the molecule is CC(C)c1nc(-c2cc3c(s2)CCCC3)n[nH]1. The minimum absolute atomic E-state index is 0.408. The second kappa shape index (κ2) is 4.26. The fourth-order valence-electron chi connectivity index (χ4n) is 2.24. The molecule has 0 atom stereocenters. The maximum atomic E-state index is 4.57. The first-order valence-corrected chi connectivity index (χ1v) is 7.10. The predicted molar refractivity (Wildman–Crippen MR) is 70.4 cm³/mol. The van der Waals surface area contributed by atoms with E-state index in [9.17, 15) is 0 Å². The van der Waals surface area contributed by atoms with Crippen molar-refractivity contribution in [2.45, 2.75) is 45.4 Å². The fourth-order valence-corrected chi connectivity index (χ4v) is 3.43. The van der Waals surface area contributed by atoms with Gasteiger partial charge in [-0.2, -0.15) is 5.10 Å². The van der Waals surface area contributed by atoms with Crippen LogP contribution in [0.1, 0.15) is 48.9 Å². The summed E-state index contributed by atoms with van der Waals surface area (Å²) in [6, 6.07) is 2.28. The highest BCUT2D eigenvalue weighted by molar-refractivity contribution is 7.15. The van der Waals surface area contributed by atoms with E-state index in [1.54, 1.807) is 4.88 Å². The summed E-state index contributed by atoms with van der Waals surface area (Å²) in [4.78, 5) is 7.33. The van der Waals surface area contributed by atoms with Gasteiger partial charge in [0.15, 0.2) is 5.82 Å². The van der Waals surface area contributed by atoms with E-state index >= 15 is 0 Å². The Morgan fingerprint density at radius 3 is 2.82 bits per heavy atom. The van der Waals surface area contributed by atoms with Crippen molar-refractivity contribution < 1.29 is 0 Å². The van der Waals surface area contributed by atoms with Crippen LogP contribution in [-0.2, 0) is 12.8 Å². The van der Waals surface area contributed by atoms with Crippen LogP contribution in [0.5, 0.6) is 0 Å². The molecule has 1 aliphatic rings. The van der Waals surface area contributed by atoms with Gasteiger partial charge in [-0.15, -0.1) is 11.3 Å². The molecule has 17 heavy (non-hydrogen) atoms. The van der Waals surface area contributed by atoms with Gasteiger partial charge in [-0.25, -0.2) is 4.98 Å². The Labute approximate surface area is 105 Å². The number of aromatic amines is 1. The van der Waals surface area contributed by atoms with E-state index < -0.39 is 0 Å². The molecule has 0 aliphatic heterocycles. The van der Waals surface area contributed by atoms with Crippen LogP contribution in [-0.4, -0.2) is 15.2 Å². The van der Waals surface area contributed by atoms with Gasteiger partial charge in [-0.1, -0.05) is 13.8 Å². The van der Waals surface area contributed by atoms with Gasteiger partial charge in [0.1, 0.15) is 5.82 Å². The van der Waals surface area contributed by atoms with E-state index in [4.69, 9.17) is 0 Å². The van der Waals surface area contributed by atoms with Crippen LogP contribution in [0.3, 0.4) is 0 Å². The topological polar surface area (TPSA) is 41.6 Å². The molecular weight excluding hydrogens is 230 g/mol. The van der Waals surface area contributed by atoms with E-state index in [2.05, 4.69) is 35.1 Å². The number of hydrogen-bond acceptors (Lipinski definition) is 3. The summed E-state index contributed by atoms with van der Waals surface area (Å²) >= 11 is 1.87. The molecule has 1 N–H and O–H groups in total. The lowest BCUT2D eigenvalue weighted by molar-refractivity contribution is 0.697. The van der Waals surface area contributed by atoms with Gasteiger partial charge in [0.2, 0.25) is 0 Å². The predicted octanol–water partition coefficient (Wildman–Crippen LogP) is 3.54. The Hall–Kier alpha value is -1.16. The van der Waals surface area contributed by atoms with Crippen molar-refractivity contribution in [3.8, 4) is 10.7 Å². The molecule has 0 spiro atoms. The number of fused-ring (bicyclic) bond motifs is 1. The molecule has 0 bridgehead atoms. The van der Waals surface area contributed by atoms with Crippen LogP contribution >= 0.6 is 11.3 Å². The number of H-pyrrole nitrogens is 1. The molecule has 0 saturated heterocycles. The Morgan fingerprint density at radius 2 is 2.12 bits per heavy atom. The van der Waals surface area contributed by atoms with Gasteiger partial charge in [0.05, 0.1) is 4.88 Å². The Kier molecular flexibility index (Phi) is 2.74. The Bertz CT molecular complexity index is 501. The number of nitrogens with zero attached hydrogens (tertiary/aromatic N) is 2. The molecule has 3 nitrogen and oxygen atoms in total. The lowest BCUT2D eigenvalue weighted by Gasteiger charge is -2.08. The first-order valence-electron chi connectivity index (χ1n) is 6.28. The summed E-state index contributed by atoms with van der Waals surface area (Å²) in [5.74, 6) is 2.25. The van der Waals surface area contributed by atoms with Crippen molar-refractivity contribution in [1.29, 1.82) is 0 Å². The van der Waals surface area contributed by atoms with Gasteiger partial charge < -0.3 is 0 Å². The molecular formula is C13H17N3S. The van der Waals surface area contributed by atoms with Crippen LogP contribution < -0.4 is 0 Å². The smallest absolute Gasteiger partial charge is 0.191 e. The summed E-state index contributed by atoms with van der Waals surface area (Å²) in [7, 11) is 0. The van der Waals surface area contributed by atoms with Gasteiger partial charge >= 0.3 is 0 Å². The molecule has 0 fully saturated rings. The Balaban J connectivity index is 1.94. The number of aromatic nitrogens is 3. The number of hydrogen-bond donors (Lipinski definition) is 1. The molecule has 0 aromatic carbocycles. The first kappa shape index (κ1) is 11.0. The molecule has 90 valence electrons. The van der Waals surface area contributed by atoms with Crippen LogP contribution in [0.15, 0.2) is 6.07 Å². The van der Waals surface area contributed by atoms with Gasteiger partial charge in [-0.05, 0) is 37.3 Å². The molecule has 2 aromatic rings. The highest BCUT2D eigenvalue weighted by atomic mass is 32.1. The molecule has 2 aromatic heterocycles. The van der Waals surface area contributed by atoms with E-state index in [0.29, 0.717) is 5.92 Å². The summed E-state index contributed by atoms with van der Waals surface area (Å²) in [5.41, 5.74) is 1.52. The molecule has 4 heteroatoms. The minimum Gasteiger partial charge on any atom is -0.262 e. The average Bonchev–Trinajstić information content (AvgIpc) is 2.95. The standard InChI is InChI=1S/C13H17N3S/c1-8(2)12-14-13(16-15-12)11-7-9-5-3-4-6-10(9)17-11/h7-8H,3-6H2,1-2H3,(H,14,15,16). The molecule has 0 unspecified atom stereocenters. The van der Waals surface area contributed by atoms with Crippen LogP contribution in [0.4, 0.5) is 0 Å². The third kappa shape index (κ3) is 2.02. The van der Waals surface area contributed by atoms with E-state index in [-0.39, 0.29) is 0 Å². The zero-order chi connectivity index (χ0) is 11.8. The molecule has 3 rings (SSSR count). The summed E-state index contributed by atoms with van der Waals surface area (Å²) in [5, 5.41) is 7.36. The van der Waals surface area contributed by atoms with Gasteiger partial charge in [-0.3, -0.25) is 5.10 Å². The van der Waals surface area contributed by atoms with E-state index in [0.717, 1.165) is 11.6 Å². The second-order valence-electron chi connectivity index (χ2n) is 4.97. The van der Waals surface area contributed by atoms with Crippen LogP contribution in [0.25, 0.3) is 10.7 Å². The zero-order valence-electron chi connectivity index (χ0n) is 10.3. The number of rotatable bonds is 2. The summed E-state index contributed by atoms with van der Waals surface area (Å²) in [6.07, 6.45) is 5.13. The molecule has 0 amide bonds. The van der Waals surface area contributed by atoms with Crippen LogP contribution in [0.2, 0.25) is 0 Å². The van der Waals surface area contributed by atoms with Gasteiger partial charge in [0.25, 0.3) is 0 Å². The van der Waals surface area contributed by atoms with Crippen LogP contribution in [0, 0.1) is 0 Å². The quantitative estimate of drug-likeness (QED) is 0.882. The van der Waals surface area contributed by atoms with Crippen molar-refractivity contribution in [2.75, 3.05) is 0 Å². The Morgan fingerprint density at radius 1 is 1.29 bits per heavy atom. The third-order valence-electron chi connectivity index (χ3n) is 3.27. The number of aryl methyl sites for hydroxylation is 2. The second-order valence-corrected chi connectivity index (χ2v) is 6.10. The van der Waals surface area contributed by atoms with Crippen molar-refractivity contribution in [2.24, 2.45) is 0 Å². The summed E-state index contributed by atoms with van der Waals surface area (Å²) in [6.45, 7) is 4.26. The highest BCUT2D eigenvalue weighted by Crippen LogP contribution is 2.34. The van der Waals surface area contributed by atoms with Crippen molar-refractivity contribution in [1.82, 2.24) is 15.2 Å². The number of nitrogens with one attached hydrogen (secondary N) is 1. The maximum absolute atomic E-state index is 4.57. The lowest BCUT2D eigenvalue weighted by atomic mass is 9.99. The zero-order valence-corrected chi connectivity index (χ0v) is 11.1. The first-order chi connectivity index (χ1) is 8.24. The summed E-state index contributed by atoms with van der Waals surface area (Å²) < 4.78 is 0. The van der Waals surface area contributed by atoms with Gasteiger partial charge in [0, 0.05) is 10.8 Å². The molecule has 0 saturated carbocycles.